The zero-order valence-electron chi connectivity index (χ0n) is 18.2. The fourth-order valence-corrected chi connectivity index (χ4v) is 5.52. The van der Waals surface area contributed by atoms with E-state index >= 15 is 0 Å². The van der Waals surface area contributed by atoms with Crippen molar-refractivity contribution < 1.29 is 23.1 Å². The third-order valence-corrected chi connectivity index (χ3v) is 6.98. The molecule has 1 aliphatic rings. The van der Waals surface area contributed by atoms with E-state index in [2.05, 4.69) is 4.72 Å². The number of carboxylic acid groups (broad SMARTS) is 1. The molecule has 2 N–H and O–H groups in total. The van der Waals surface area contributed by atoms with Gasteiger partial charge in [0.25, 0.3) is 5.56 Å². The van der Waals surface area contributed by atoms with Gasteiger partial charge >= 0.3 is 12.1 Å². The lowest BCUT2D eigenvalue weighted by molar-refractivity contribution is -0.141. The highest BCUT2D eigenvalue weighted by atomic mass is 32.2. The Morgan fingerprint density at radius 1 is 1.03 bits per heavy atom. The second-order valence-corrected chi connectivity index (χ2v) is 9.14. The maximum atomic E-state index is 13.5. The summed E-state index contributed by atoms with van der Waals surface area (Å²) in [6.07, 6.45) is -4.26. The molecule has 5 nitrogen and oxygen atoms in total. The first-order valence-corrected chi connectivity index (χ1v) is 11.6. The molecule has 3 aromatic carbocycles. The number of fused-ring (bicyclic) bond motifs is 2. The maximum absolute atomic E-state index is 13.5. The van der Waals surface area contributed by atoms with Crippen LogP contribution in [0.2, 0.25) is 0 Å². The molecule has 0 fully saturated rings. The van der Waals surface area contributed by atoms with Crippen LogP contribution in [0.1, 0.15) is 22.7 Å². The summed E-state index contributed by atoms with van der Waals surface area (Å²) >= 11 is 1.06. The fraction of sp³-hybridized carbons (Fsp3) is 0.154. The van der Waals surface area contributed by atoms with Crippen molar-refractivity contribution >= 4 is 28.7 Å². The first kappa shape index (κ1) is 23.2. The molecule has 0 radical (unpaired) electrons. The van der Waals surface area contributed by atoms with Gasteiger partial charge in [0, 0.05) is 18.2 Å². The van der Waals surface area contributed by atoms with Gasteiger partial charge < -0.3 is 5.11 Å². The minimum atomic E-state index is -4.55. The highest BCUT2D eigenvalue weighted by molar-refractivity contribution is 7.97. The summed E-state index contributed by atoms with van der Waals surface area (Å²) in [5.74, 6) is -1.20. The molecule has 0 bridgehead atoms. The SMILES string of the molecule is O=C(O)C1CNSc2c(-c3cccc(C(F)(F)F)c3)c(Cc3cccc4ccccc34)cc(=O)n21. The molecule has 35 heavy (non-hydrogen) atoms. The van der Waals surface area contributed by atoms with Gasteiger partial charge in [-0.25, -0.2) is 4.79 Å². The summed E-state index contributed by atoms with van der Waals surface area (Å²) in [6.45, 7) is 0.0115. The van der Waals surface area contributed by atoms with Crippen LogP contribution < -0.4 is 10.3 Å². The Morgan fingerprint density at radius 2 is 1.77 bits per heavy atom. The topological polar surface area (TPSA) is 71.3 Å². The Morgan fingerprint density at radius 3 is 2.54 bits per heavy atom. The van der Waals surface area contributed by atoms with Gasteiger partial charge in [0.15, 0.2) is 0 Å². The summed E-state index contributed by atoms with van der Waals surface area (Å²) in [5.41, 5.74) is 0.778. The largest absolute Gasteiger partial charge is 0.480 e. The lowest BCUT2D eigenvalue weighted by Gasteiger charge is -2.28. The summed E-state index contributed by atoms with van der Waals surface area (Å²) in [7, 11) is 0. The number of aliphatic carboxylic acids is 1. The van der Waals surface area contributed by atoms with E-state index in [1.165, 1.54) is 12.1 Å². The van der Waals surface area contributed by atoms with Crippen LogP contribution in [0.25, 0.3) is 21.9 Å². The summed E-state index contributed by atoms with van der Waals surface area (Å²) in [5, 5.41) is 11.9. The molecule has 1 aromatic heterocycles. The number of pyridine rings is 1. The van der Waals surface area contributed by atoms with Crippen LogP contribution in [0, 0.1) is 0 Å². The van der Waals surface area contributed by atoms with Crippen LogP contribution in [0.5, 0.6) is 0 Å². The van der Waals surface area contributed by atoms with Gasteiger partial charge in [0.05, 0.1) is 5.56 Å². The molecule has 4 aromatic rings. The fourth-order valence-electron chi connectivity index (χ4n) is 4.47. The predicted molar refractivity (Wildman–Crippen MR) is 128 cm³/mol. The molecular weight excluding hydrogens is 477 g/mol. The number of rotatable bonds is 4. The van der Waals surface area contributed by atoms with Crippen molar-refractivity contribution in [2.24, 2.45) is 0 Å². The summed E-state index contributed by atoms with van der Waals surface area (Å²) < 4.78 is 44.7. The zero-order valence-corrected chi connectivity index (χ0v) is 19.0. The molecule has 1 atom stereocenters. The van der Waals surface area contributed by atoms with E-state index in [1.54, 1.807) is 6.07 Å². The molecule has 5 rings (SSSR count). The molecule has 2 heterocycles. The molecule has 1 aliphatic heterocycles. The van der Waals surface area contributed by atoms with Crippen molar-refractivity contribution in [3.8, 4) is 11.1 Å². The van der Waals surface area contributed by atoms with Crippen LogP contribution in [-0.2, 0) is 17.4 Å². The van der Waals surface area contributed by atoms with Gasteiger partial charge in [-0.15, -0.1) is 0 Å². The van der Waals surface area contributed by atoms with Crippen LogP contribution in [0.15, 0.2) is 82.6 Å². The number of halogens is 3. The van der Waals surface area contributed by atoms with Gasteiger partial charge in [0.2, 0.25) is 0 Å². The Bertz CT molecular complexity index is 1510. The molecule has 1 unspecified atom stereocenters. The molecular formula is C26H19F3N2O3S. The number of nitrogens with one attached hydrogen (secondary N) is 1. The molecule has 0 saturated heterocycles. The normalized spacial score (nSPS) is 15.7. The number of aromatic nitrogens is 1. The van der Waals surface area contributed by atoms with E-state index in [-0.39, 0.29) is 23.6 Å². The minimum absolute atomic E-state index is 0.0115. The van der Waals surface area contributed by atoms with Crippen LogP contribution in [0.4, 0.5) is 13.2 Å². The number of alkyl halides is 3. The Labute approximate surface area is 202 Å². The monoisotopic (exact) mass is 496 g/mol. The van der Waals surface area contributed by atoms with Crippen LogP contribution in [0.3, 0.4) is 0 Å². The highest BCUT2D eigenvalue weighted by Gasteiger charge is 2.33. The highest BCUT2D eigenvalue weighted by Crippen LogP contribution is 2.39. The third kappa shape index (κ3) is 4.33. The molecule has 9 heteroatoms. The van der Waals surface area contributed by atoms with E-state index in [9.17, 15) is 27.9 Å². The Hall–Kier alpha value is -3.56. The quantitative estimate of drug-likeness (QED) is 0.365. The number of nitrogens with zero attached hydrogens (tertiary/aromatic N) is 1. The van der Waals surface area contributed by atoms with Gasteiger partial charge in [0.1, 0.15) is 11.1 Å². The predicted octanol–water partition coefficient (Wildman–Crippen LogP) is 5.51. The molecule has 0 amide bonds. The van der Waals surface area contributed by atoms with E-state index < -0.39 is 29.3 Å². The average Bonchev–Trinajstić information content (AvgIpc) is 2.83. The van der Waals surface area contributed by atoms with Gasteiger partial charge in [-0.05, 0) is 58.0 Å². The first-order valence-electron chi connectivity index (χ1n) is 10.8. The average molecular weight is 497 g/mol. The lowest BCUT2D eigenvalue weighted by atomic mass is 9.93. The van der Waals surface area contributed by atoms with Crippen molar-refractivity contribution in [1.29, 1.82) is 0 Å². The van der Waals surface area contributed by atoms with Crippen molar-refractivity contribution in [2.45, 2.75) is 23.7 Å². The molecule has 0 aliphatic carbocycles. The van der Waals surface area contributed by atoms with E-state index in [0.29, 0.717) is 11.1 Å². The number of hydrogen-bond acceptors (Lipinski definition) is 4. The van der Waals surface area contributed by atoms with Crippen LogP contribution >= 0.6 is 11.9 Å². The van der Waals surface area contributed by atoms with Crippen molar-refractivity contribution in [3.05, 3.63) is 99.8 Å². The number of carbonyl (C=O) groups is 1. The third-order valence-electron chi connectivity index (χ3n) is 6.07. The molecule has 0 saturated carbocycles. The van der Waals surface area contributed by atoms with E-state index in [1.807, 2.05) is 42.5 Å². The number of hydrogen-bond donors (Lipinski definition) is 2. The van der Waals surface area contributed by atoms with Crippen molar-refractivity contribution in [1.82, 2.24) is 9.29 Å². The van der Waals surface area contributed by atoms with Crippen molar-refractivity contribution in [3.63, 3.8) is 0 Å². The molecule has 178 valence electrons. The smallest absolute Gasteiger partial charge is 0.416 e. The zero-order chi connectivity index (χ0) is 24.7. The summed E-state index contributed by atoms with van der Waals surface area (Å²) in [6, 6.07) is 18.6. The number of benzene rings is 3. The van der Waals surface area contributed by atoms with Gasteiger partial charge in [-0.3, -0.25) is 14.1 Å². The second kappa shape index (κ2) is 8.90. The standard InChI is InChI=1S/C26H19F3N2O3S/c27-26(28,29)19-9-4-8-17(12-19)23-18(11-16-7-3-6-15-5-1-2-10-20(15)16)13-22(32)31-21(25(33)34)14-30-35-24(23)31/h1-10,12-13,21,30H,11,14H2,(H,33,34). The Kier molecular flexibility index (Phi) is 5.90. The van der Waals surface area contributed by atoms with Gasteiger partial charge in [-0.1, -0.05) is 54.6 Å². The van der Waals surface area contributed by atoms with Gasteiger partial charge in [-0.2, -0.15) is 13.2 Å². The number of carboxylic acids is 1. The summed E-state index contributed by atoms with van der Waals surface area (Å²) in [4.78, 5) is 25.0. The lowest BCUT2D eigenvalue weighted by Crippen LogP contribution is -2.40. The first-order chi connectivity index (χ1) is 16.7. The molecule has 0 spiro atoms. The van der Waals surface area contributed by atoms with Crippen LogP contribution in [-0.4, -0.2) is 22.2 Å². The van der Waals surface area contributed by atoms with Crippen molar-refractivity contribution in [2.75, 3.05) is 6.54 Å². The second-order valence-electron chi connectivity index (χ2n) is 8.26. The van der Waals surface area contributed by atoms with E-state index in [0.717, 1.165) is 45.0 Å². The Balaban J connectivity index is 1.77. The maximum Gasteiger partial charge on any atom is 0.416 e. The van der Waals surface area contributed by atoms with E-state index in [4.69, 9.17) is 0 Å². The minimum Gasteiger partial charge on any atom is -0.480 e.